The Bertz CT molecular complexity index is 1000. The van der Waals surface area contributed by atoms with Crippen LogP contribution in [0.3, 0.4) is 0 Å². The zero-order valence-electron chi connectivity index (χ0n) is 18.4. The number of rotatable bonds is 9. The Balaban J connectivity index is 1.48. The third kappa shape index (κ3) is 5.10. The second-order valence-electron chi connectivity index (χ2n) is 8.40. The van der Waals surface area contributed by atoms with Crippen molar-refractivity contribution in [2.24, 2.45) is 0 Å². The molecule has 0 amide bonds. The summed E-state index contributed by atoms with van der Waals surface area (Å²) in [5.74, 6) is 0.666. The van der Waals surface area contributed by atoms with E-state index < -0.39 is 0 Å². The van der Waals surface area contributed by atoms with Gasteiger partial charge >= 0.3 is 0 Å². The largest absolute Gasteiger partial charge is 0.354 e. The number of nitrogens with zero attached hydrogens (tertiary/aromatic N) is 3. The standard InChI is InChI=1S/C26H31FN4/c1-3-4-15-31(2)16-7-14-28-26-29-18-20-17-24(19-10-12-21(27)13-11-19)22-8-5-6-9-23(22)25(20)30-26/h5-6,8-13,18,24H,3-4,7,14-17H2,1-2H3,(H,28,29,30). The molecule has 3 aromatic rings. The van der Waals surface area contributed by atoms with Crippen LogP contribution in [0.4, 0.5) is 10.3 Å². The monoisotopic (exact) mass is 418 g/mol. The molecular formula is C26H31FN4. The van der Waals surface area contributed by atoms with Crippen molar-refractivity contribution in [3.8, 4) is 11.3 Å². The lowest BCUT2D eigenvalue weighted by Crippen LogP contribution is -2.23. The van der Waals surface area contributed by atoms with E-state index in [2.05, 4.69) is 53.4 Å². The first kappa shape index (κ1) is 21.4. The van der Waals surface area contributed by atoms with Crippen LogP contribution in [0.2, 0.25) is 0 Å². The van der Waals surface area contributed by atoms with Crippen molar-refractivity contribution in [3.05, 3.63) is 77.2 Å². The first-order valence-corrected chi connectivity index (χ1v) is 11.3. The normalized spacial score (nSPS) is 14.9. The highest BCUT2D eigenvalue weighted by atomic mass is 19.1. The molecule has 31 heavy (non-hydrogen) atoms. The fraction of sp³-hybridized carbons (Fsp3) is 0.385. The summed E-state index contributed by atoms with van der Waals surface area (Å²) < 4.78 is 13.4. The van der Waals surface area contributed by atoms with E-state index in [-0.39, 0.29) is 11.7 Å². The Hall–Kier alpha value is -2.79. The van der Waals surface area contributed by atoms with E-state index in [1.807, 2.05) is 18.3 Å². The zero-order valence-corrected chi connectivity index (χ0v) is 18.4. The number of unbranched alkanes of at least 4 members (excludes halogenated alkanes) is 1. The van der Waals surface area contributed by atoms with Crippen LogP contribution in [0.1, 0.15) is 48.8 Å². The molecule has 5 heteroatoms. The molecule has 0 saturated carbocycles. The molecule has 1 N–H and O–H groups in total. The maximum Gasteiger partial charge on any atom is 0.223 e. The molecule has 1 aromatic heterocycles. The van der Waals surface area contributed by atoms with Crippen molar-refractivity contribution >= 4 is 5.95 Å². The number of anilines is 1. The van der Waals surface area contributed by atoms with E-state index in [1.165, 1.54) is 30.5 Å². The molecule has 162 valence electrons. The molecule has 0 spiro atoms. The predicted octanol–water partition coefficient (Wildman–Crippen LogP) is 5.50. The van der Waals surface area contributed by atoms with E-state index in [4.69, 9.17) is 4.98 Å². The number of nitrogens with one attached hydrogen (secondary N) is 1. The van der Waals surface area contributed by atoms with E-state index in [0.717, 1.165) is 54.9 Å². The minimum atomic E-state index is -0.205. The molecule has 0 aliphatic heterocycles. The van der Waals surface area contributed by atoms with Gasteiger partial charge in [0, 0.05) is 24.2 Å². The van der Waals surface area contributed by atoms with Gasteiger partial charge in [0.25, 0.3) is 0 Å². The second kappa shape index (κ2) is 10.0. The maximum absolute atomic E-state index is 13.4. The van der Waals surface area contributed by atoms with Crippen molar-refractivity contribution in [2.45, 2.75) is 38.5 Å². The molecular weight excluding hydrogens is 387 g/mol. The summed E-state index contributed by atoms with van der Waals surface area (Å²) in [4.78, 5) is 11.8. The first-order valence-electron chi connectivity index (χ1n) is 11.3. The Morgan fingerprint density at radius 2 is 1.84 bits per heavy atom. The van der Waals surface area contributed by atoms with Crippen molar-refractivity contribution in [1.82, 2.24) is 14.9 Å². The fourth-order valence-electron chi connectivity index (χ4n) is 4.30. The molecule has 1 heterocycles. The van der Waals surface area contributed by atoms with Crippen LogP contribution in [0.25, 0.3) is 11.3 Å². The fourth-order valence-corrected chi connectivity index (χ4v) is 4.30. The summed E-state index contributed by atoms with van der Waals surface area (Å²) in [6.07, 6.45) is 6.31. The van der Waals surface area contributed by atoms with Crippen LogP contribution >= 0.6 is 0 Å². The average molecular weight is 419 g/mol. The lowest BCUT2D eigenvalue weighted by atomic mass is 9.78. The lowest BCUT2D eigenvalue weighted by molar-refractivity contribution is 0.327. The molecule has 0 saturated heterocycles. The average Bonchev–Trinajstić information content (AvgIpc) is 2.80. The van der Waals surface area contributed by atoms with Gasteiger partial charge in [-0.05, 0) is 68.2 Å². The van der Waals surface area contributed by atoms with Crippen LogP contribution in [0.15, 0.2) is 54.7 Å². The number of hydrogen-bond acceptors (Lipinski definition) is 4. The van der Waals surface area contributed by atoms with Crippen LogP contribution in [0.5, 0.6) is 0 Å². The molecule has 1 aliphatic carbocycles. The number of halogens is 1. The minimum Gasteiger partial charge on any atom is -0.354 e. The molecule has 1 aliphatic rings. The zero-order chi connectivity index (χ0) is 21.6. The van der Waals surface area contributed by atoms with Gasteiger partial charge in [-0.25, -0.2) is 14.4 Å². The second-order valence-corrected chi connectivity index (χ2v) is 8.40. The Morgan fingerprint density at radius 3 is 2.65 bits per heavy atom. The molecule has 4 nitrogen and oxygen atoms in total. The van der Waals surface area contributed by atoms with Crippen molar-refractivity contribution < 1.29 is 4.39 Å². The van der Waals surface area contributed by atoms with Gasteiger partial charge in [0.2, 0.25) is 5.95 Å². The molecule has 0 radical (unpaired) electrons. The van der Waals surface area contributed by atoms with E-state index in [0.29, 0.717) is 5.95 Å². The van der Waals surface area contributed by atoms with Crippen LogP contribution < -0.4 is 5.32 Å². The van der Waals surface area contributed by atoms with E-state index in [9.17, 15) is 4.39 Å². The van der Waals surface area contributed by atoms with Crippen LogP contribution in [-0.4, -0.2) is 41.5 Å². The summed E-state index contributed by atoms with van der Waals surface area (Å²) in [5, 5.41) is 3.40. The third-order valence-electron chi connectivity index (χ3n) is 6.05. The molecule has 2 aromatic carbocycles. The third-order valence-corrected chi connectivity index (χ3v) is 6.05. The van der Waals surface area contributed by atoms with Crippen LogP contribution in [0, 0.1) is 5.82 Å². The van der Waals surface area contributed by atoms with E-state index in [1.54, 1.807) is 0 Å². The molecule has 1 atom stereocenters. The van der Waals surface area contributed by atoms with Gasteiger partial charge in [0.15, 0.2) is 0 Å². The maximum atomic E-state index is 13.4. The molecule has 4 rings (SSSR count). The van der Waals surface area contributed by atoms with Crippen molar-refractivity contribution in [3.63, 3.8) is 0 Å². The number of benzene rings is 2. The van der Waals surface area contributed by atoms with Crippen molar-refractivity contribution in [2.75, 3.05) is 32.0 Å². The van der Waals surface area contributed by atoms with Gasteiger partial charge in [0.05, 0.1) is 5.69 Å². The highest BCUT2D eigenvalue weighted by Gasteiger charge is 2.27. The predicted molar refractivity (Wildman–Crippen MR) is 125 cm³/mol. The van der Waals surface area contributed by atoms with Crippen molar-refractivity contribution in [1.29, 1.82) is 0 Å². The number of aromatic nitrogens is 2. The smallest absolute Gasteiger partial charge is 0.223 e. The van der Waals surface area contributed by atoms with E-state index >= 15 is 0 Å². The number of fused-ring (bicyclic) bond motifs is 3. The molecule has 0 fully saturated rings. The summed E-state index contributed by atoms with van der Waals surface area (Å²) in [6.45, 7) is 5.30. The number of hydrogen-bond donors (Lipinski definition) is 1. The quantitative estimate of drug-likeness (QED) is 0.466. The van der Waals surface area contributed by atoms with Gasteiger partial charge in [-0.3, -0.25) is 0 Å². The summed E-state index contributed by atoms with van der Waals surface area (Å²) in [5.41, 5.74) is 5.64. The highest BCUT2D eigenvalue weighted by Crippen LogP contribution is 2.41. The lowest BCUT2D eigenvalue weighted by Gasteiger charge is -2.27. The van der Waals surface area contributed by atoms with Gasteiger partial charge < -0.3 is 10.2 Å². The Kier molecular flexibility index (Phi) is 6.92. The Morgan fingerprint density at radius 1 is 1.06 bits per heavy atom. The Labute approximate surface area is 184 Å². The van der Waals surface area contributed by atoms with Gasteiger partial charge in [-0.1, -0.05) is 49.7 Å². The summed E-state index contributed by atoms with van der Waals surface area (Å²) in [7, 11) is 2.18. The van der Waals surface area contributed by atoms with Gasteiger partial charge in [-0.15, -0.1) is 0 Å². The van der Waals surface area contributed by atoms with Gasteiger partial charge in [-0.2, -0.15) is 0 Å². The molecule has 0 bridgehead atoms. The summed E-state index contributed by atoms with van der Waals surface area (Å²) >= 11 is 0. The van der Waals surface area contributed by atoms with Gasteiger partial charge in [0.1, 0.15) is 5.82 Å². The summed E-state index contributed by atoms with van der Waals surface area (Å²) in [6, 6.07) is 15.3. The molecule has 1 unspecified atom stereocenters. The van der Waals surface area contributed by atoms with Crippen LogP contribution in [-0.2, 0) is 6.42 Å². The SMILES string of the molecule is CCCCN(C)CCCNc1ncc2c(n1)-c1ccccc1C(c1ccc(F)cc1)C2. The minimum absolute atomic E-state index is 0.186. The topological polar surface area (TPSA) is 41.0 Å². The first-order chi connectivity index (χ1) is 15.2. The highest BCUT2D eigenvalue weighted by molar-refractivity contribution is 5.72.